The van der Waals surface area contributed by atoms with Gasteiger partial charge in [-0.05, 0) is 25.8 Å². The van der Waals surface area contributed by atoms with E-state index < -0.39 is 0 Å². The van der Waals surface area contributed by atoms with E-state index in [2.05, 4.69) is 11.9 Å². The van der Waals surface area contributed by atoms with Crippen LogP contribution in [0.25, 0.3) is 0 Å². The maximum absolute atomic E-state index is 11.6. The van der Waals surface area contributed by atoms with Gasteiger partial charge in [-0.25, -0.2) is 0 Å². The molecule has 0 aliphatic carbocycles. The minimum atomic E-state index is 0.108. The molecule has 1 aliphatic rings. The Balaban J connectivity index is 2.33. The maximum Gasteiger partial charge on any atom is 0.153 e. The van der Waals surface area contributed by atoms with Gasteiger partial charge in [0.25, 0.3) is 0 Å². The third-order valence-corrected chi connectivity index (χ3v) is 2.62. The van der Waals surface area contributed by atoms with Crippen LogP contribution in [0.1, 0.15) is 39.0 Å². The molecule has 0 aromatic carbocycles. The minimum absolute atomic E-state index is 0.108. The smallest absolute Gasteiger partial charge is 0.153 e. The van der Waals surface area contributed by atoms with E-state index >= 15 is 0 Å². The molecule has 2 heteroatoms. The van der Waals surface area contributed by atoms with Crippen LogP contribution in [-0.2, 0) is 4.79 Å². The highest BCUT2D eigenvalue weighted by Crippen LogP contribution is 2.12. The molecule has 1 N–H and O–H groups in total. The summed E-state index contributed by atoms with van der Waals surface area (Å²) in [5.74, 6) is 0.326. The van der Waals surface area contributed by atoms with E-state index in [-0.39, 0.29) is 6.04 Å². The van der Waals surface area contributed by atoms with Crippen molar-refractivity contribution in [3.63, 3.8) is 0 Å². The van der Waals surface area contributed by atoms with Gasteiger partial charge >= 0.3 is 0 Å². The van der Waals surface area contributed by atoms with Crippen molar-refractivity contribution in [1.29, 1.82) is 0 Å². The second-order valence-corrected chi connectivity index (χ2v) is 3.75. The highest BCUT2D eigenvalue weighted by atomic mass is 16.1. The van der Waals surface area contributed by atoms with Crippen LogP contribution in [0, 0.1) is 0 Å². The van der Waals surface area contributed by atoms with Gasteiger partial charge in [0, 0.05) is 6.42 Å². The van der Waals surface area contributed by atoms with E-state index in [1.807, 2.05) is 6.92 Å². The third-order valence-electron chi connectivity index (χ3n) is 2.62. The highest BCUT2D eigenvalue weighted by molar-refractivity contribution is 5.86. The predicted octanol–water partition coefficient (Wildman–Crippen LogP) is 2.05. The normalized spacial score (nSPS) is 22.7. The van der Waals surface area contributed by atoms with Gasteiger partial charge in [-0.2, -0.15) is 0 Å². The first-order valence-electron chi connectivity index (χ1n) is 5.16. The molecule has 2 nitrogen and oxygen atoms in total. The molecule has 0 bridgehead atoms. The summed E-state index contributed by atoms with van der Waals surface area (Å²) in [5, 5.41) is 3.26. The summed E-state index contributed by atoms with van der Waals surface area (Å²) in [5.41, 5.74) is 1.05. The average Bonchev–Trinajstić information content (AvgIpc) is 2.19. The largest absolute Gasteiger partial charge is 0.307 e. The molecule has 1 saturated heterocycles. The number of piperidine rings is 1. The predicted molar refractivity (Wildman–Crippen MR) is 54.7 cm³/mol. The molecular formula is C11H19NO. The summed E-state index contributed by atoms with van der Waals surface area (Å²) >= 11 is 0. The van der Waals surface area contributed by atoms with Gasteiger partial charge in [0.15, 0.2) is 5.78 Å². The Morgan fingerprint density at radius 2 is 2.31 bits per heavy atom. The van der Waals surface area contributed by atoms with Crippen LogP contribution in [0.4, 0.5) is 0 Å². The lowest BCUT2D eigenvalue weighted by Crippen LogP contribution is -2.40. The van der Waals surface area contributed by atoms with Crippen LogP contribution in [0.15, 0.2) is 12.2 Å². The van der Waals surface area contributed by atoms with Gasteiger partial charge in [0.2, 0.25) is 0 Å². The quantitative estimate of drug-likeness (QED) is 0.672. The molecule has 0 radical (unpaired) electrons. The Morgan fingerprint density at radius 3 is 2.85 bits per heavy atom. The number of carbonyl (C=O) groups excluding carboxylic acids is 1. The Hall–Kier alpha value is -0.630. The molecule has 1 atom stereocenters. The van der Waals surface area contributed by atoms with Crippen LogP contribution in [0.2, 0.25) is 0 Å². The van der Waals surface area contributed by atoms with Crippen LogP contribution in [-0.4, -0.2) is 18.4 Å². The number of allylic oxidation sites excluding steroid dienone is 1. The Labute approximate surface area is 80.4 Å². The molecular weight excluding hydrogens is 162 g/mol. The summed E-state index contributed by atoms with van der Waals surface area (Å²) in [7, 11) is 0. The summed E-state index contributed by atoms with van der Waals surface area (Å²) in [6.45, 7) is 6.90. The van der Waals surface area contributed by atoms with Crippen LogP contribution in [0.3, 0.4) is 0 Å². The molecule has 13 heavy (non-hydrogen) atoms. The summed E-state index contributed by atoms with van der Waals surface area (Å²) in [4.78, 5) is 11.6. The fourth-order valence-corrected chi connectivity index (χ4v) is 1.62. The number of ketones is 1. The number of rotatable bonds is 4. The van der Waals surface area contributed by atoms with Crippen molar-refractivity contribution >= 4 is 5.78 Å². The van der Waals surface area contributed by atoms with E-state index in [1.54, 1.807) is 0 Å². The Morgan fingerprint density at radius 1 is 1.54 bits per heavy atom. The fraction of sp³-hybridized carbons (Fsp3) is 0.727. The van der Waals surface area contributed by atoms with E-state index in [1.165, 1.54) is 12.8 Å². The average molecular weight is 181 g/mol. The first kappa shape index (κ1) is 10.5. The van der Waals surface area contributed by atoms with Crippen molar-refractivity contribution < 1.29 is 4.79 Å². The summed E-state index contributed by atoms with van der Waals surface area (Å²) < 4.78 is 0. The van der Waals surface area contributed by atoms with Crippen molar-refractivity contribution in [3.05, 3.63) is 12.2 Å². The van der Waals surface area contributed by atoms with Gasteiger partial charge < -0.3 is 5.32 Å². The first-order chi connectivity index (χ1) is 6.24. The Kier molecular flexibility index (Phi) is 4.16. The zero-order valence-corrected chi connectivity index (χ0v) is 8.44. The van der Waals surface area contributed by atoms with Gasteiger partial charge in [-0.3, -0.25) is 4.79 Å². The van der Waals surface area contributed by atoms with Crippen molar-refractivity contribution in [2.75, 3.05) is 6.54 Å². The highest BCUT2D eigenvalue weighted by Gasteiger charge is 2.19. The summed E-state index contributed by atoms with van der Waals surface area (Å²) in [6, 6.07) is 0.108. The van der Waals surface area contributed by atoms with Crippen molar-refractivity contribution in [2.45, 2.75) is 45.1 Å². The molecule has 1 rings (SSSR count). The lowest BCUT2D eigenvalue weighted by molar-refractivity contribution is -0.120. The third kappa shape index (κ3) is 3.31. The van der Waals surface area contributed by atoms with Crippen LogP contribution in [0.5, 0.6) is 0 Å². The second-order valence-electron chi connectivity index (χ2n) is 3.75. The van der Waals surface area contributed by atoms with E-state index in [0.717, 1.165) is 25.0 Å². The van der Waals surface area contributed by atoms with E-state index in [4.69, 9.17) is 0 Å². The van der Waals surface area contributed by atoms with Gasteiger partial charge in [-0.15, -0.1) is 0 Å². The maximum atomic E-state index is 11.6. The topological polar surface area (TPSA) is 29.1 Å². The molecule has 1 fully saturated rings. The zero-order valence-electron chi connectivity index (χ0n) is 8.44. The molecule has 1 unspecified atom stereocenters. The second kappa shape index (κ2) is 5.18. The van der Waals surface area contributed by atoms with Crippen molar-refractivity contribution in [2.24, 2.45) is 0 Å². The number of Topliss-reactive ketones (excluding diaryl/α,β-unsaturated/α-hetero) is 1. The van der Waals surface area contributed by atoms with Crippen LogP contribution < -0.4 is 5.32 Å². The molecule has 0 saturated carbocycles. The Bertz CT molecular complexity index is 192. The van der Waals surface area contributed by atoms with E-state index in [0.29, 0.717) is 12.2 Å². The molecule has 0 spiro atoms. The standard InChI is InChI=1S/C11H19NO/c1-3-9(2)8-11(13)10-6-4-5-7-12-10/h10,12H,2-8H2,1H3. The molecule has 1 heterocycles. The molecule has 1 aliphatic heterocycles. The van der Waals surface area contributed by atoms with Gasteiger partial charge in [0.1, 0.15) is 0 Å². The van der Waals surface area contributed by atoms with Crippen molar-refractivity contribution in [1.82, 2.24) is 5.32 Å². The van der Waals surface area contributed by atoms with Gasteiger partial charge in [0.05, 0.1) is 6.04 Å². The number of carbonyl (C=O) groups is 1. The molecule has 0 amide bonds. The lowest BCUT2D eigenvalue weighted by atomic mass is 9.96. The van der Waals surface area contributed by atoms with Crippen LogP contribution >= 0.6 is 0 Å². The van der Waals surface area contributed by atoms with E-state index in [9.17, 15) is 4.79 Å². The molecule has 0 aromatic heterocycles. The fourth-order valence-electron chi connectivity index (χ4n) is 1.62. The SMILES string of the molecule is C=C(CC)CC(=O)C1CCCCN1. The van der Waals surface area contributed by atoms with Gasteiger partial charge in [-0.1, -0.05) is 25.5 Å². The minimum Gasteiger partial charge on any atom is -0.307 e. The zero-order chi connectivity index (χ0) is 9.68. The monoisotopic (exact) mass is 181 g/mol. The lowest BCUT2D eigenvalue weighted by Gasteiger charge is -2.22. The first-order valence-corrected chi connectivity index (χ1v) is 5.16. The number of nitrogens with one attached hydrogen (secondary N) is 1. The molecule has 0 aromatic rings. The molecule has 74 valence electrons. The van der Waals surface area contributed by atoms with Crippen molar-refractivity contribution in [3.8, 4) is 0 Å². The summed E-state index contributed by atoms with van der Waals surface area (Å²) in [6.07, 6.45) is 4.88. The number of hydrogen-bond donors (Lipinski definition) is 1. The number of hydrogen-bond acceptors (Lipinski definition) is 2.